The van der Waals surface area contributed by atoms with Crippen LogP contribution >= 0.6 is 0 Å². The maximum Gasteiger partial charge on any atom is 0.305 e. The lowest BCUT2D eigenvalue weighted by molar-refractivity contribution is -0.140. The van der Waals surface area contributed by atoms with Gasteiger partial charge in [0.05, 0.1) is 13.2 Å². The second-order valence-electron chi connectivity index (χ2n) is 7.32. The van der Waals surface area contributed by atoms with Crippen molar-refractivity contribution in [3.05, 3.63) is 29.3 Å². The van der Waals surface area contributed by atoms with Crippen LogP contribution in [0.25, 0.3) is 0 Å². The maximum atomic E-state index is 11.2. The molecular weight excluding hydrogens is 306 g/mol. The van der Waals surface area contributed by atoms with E-state index >= 15 is 0 Å². The molecule has 0 heterocycles. The van der Waals surface area contributed by atoms with Crippen molar-refractivity contribution in [1.29, 1.82) is 0 Å². The highest BCUT2D eigenvalue weighted by atomic mass is 28.3. The molecule has 130 valence electrons. The molecule has 0 bridgehead atoms. The van der Waals surface area contributed by atoms with Crippen molar-refractivity contribution in [3.8, 4) is 0 Å². The first-order valence-corrected chi connectivity index (χ1v) is 11.0. The molecule has 0 saturated heterocycles. The van der Waals surface area contributed by atoms with Crippen LogP contribution < -0.4 is 5.73 Å². The summed E-state index contributed by atoms with van der Waals surface area (Å²) in [6.07, 6.45) is 2.00. The third-order valence-corrected chi connectivity index (χ3v) is 4.54. The largest absolute Gasteiger partial charge is 0.469 e. The van der Waals surface area contributed by atoms with E-state index in [0.29, 0.717) is 6.42 Å². The molecule has 1 rings (SSSR count). The number of ether oxygens (including phenoxy) is 1. The fourth-order valence-electron chi connectivity index (χ4n) is 2.58. The Hall–Kier alpha value is -1.33. The quantitative estimate of drug-likeness (QED) is 0.466. The molecule has 2 N–H and O–H groups in total. The summed E-state index contributed by atoms with van der Waals surface area (Å²) < 4.78 is 10.9. The molecular formula is C18H31NO3Si. The zero-order valence-electron chi connectivity index (χ0n) is 15.3. The first-order valence-electron chi connectivity index (χ1n) is 8.25. The van der Waals surface area contributed by atoms with Crippen molar-refractivity contribution in [1.82, 2.24) is 0 Å². The van der Waals surface area contributed by atoms with Gasteiger partial charge in [0, 0.05) is 12.1 Å². The van der Waals surface area contributed by atoms with E-state index in [-0.39, 0.29) is 17.5 Å². The number of nitrogens with two attached hydrogens (primary N) is 1. The van der Waals surface area contributed by atoms with E-state index in [1.807, 2.05) is 6.07 Å². The molecule has 0 aliphatic heterocycles. The van der Waals surface area contributed by atoms with Gasteiger partial charge in [0.25, 0.3) is 0 Å². The molecule has 1 atom stereocenters. The number of benzene rings is 1. The van der Waals surface area contributed by atoms with Crippen LogP contribution in [0.15, 0.2) is 18.2 Å². The van der Waals surface area contributed by atoms with Gasteiger partial charge in [0.2, 0.25) is 0 Å². The number of aryl methyl sites for hydroxylation is 1. The first kappa shape index (κ1) is 19.7. The van der Waals surface area contributed by atoms with Gasteiger partial charge in [-0.25, -0.2) is 0 Å². The second kappa shape index (κ2) is 8.50. The Kier molecular flexibility index (Phi) is 7.29. The Morgan fingerprint density at radius 1 is 1.30 bits per heavy atom. The van der Waals surface area contributed by atoms with E-state index in [1.165, 1.54) is 7.11 Å². The van der Waals surface area contributed by atoms with Gasteiger partial charge in [-0.3, -0.25) is 4.79 Å². The SMILES string of the molecule is COC(=O)CCCc1ccc(C(O[SiH](C)C)C(C)(C)C)cc1N. The van der Waals surface area contributed by atoms with Gasteiger partial charge in [0.15, 0.2) is 9.04 Å². The Bertz CT molecular complexity index is 523. The molecule has 0 radical (unpaired) electrons. The number of rotatable bonds is 7. The summed E-state index contributed by atoms with van der Waals surface area (Å²) in [5.41, 5.74) is 9.23. The monoisotopic (exact) mass is 337 g/mol. The molecule has 0 aliphatic rings. The lowest BCUT2D eigenvalue weighted by Crippen LogP contribution is -2.26. The summed E-state index contributed by atoms with van der Waals surface area (Å²) in [4.78, 5) is 11.2. The standard InChI is InChI=1S/C18H31NO3Si/c1-18(2,3)17(22-23(5)6)14-11-10-13(15(19)12-14)8-7-9-16(20)21-4/h10-12,17,23H,7-9,19H2,1-6H3. The van der Waals surface area contributed by atoms with Gasteiger partial charge >= 0.3 is 5.97 Å². The summed E-state index contributed by atoms with van der Waals surface area (Å²) in [7, 11) is 0.261. The number of hydrogen-bond donors (Lipinski definition) is 1. The molecule has 23 heavy (non-hydrogen) atoms. The number of esters is 1. The van der Waals surface area contributed by atoms with Crippen LogP contribution in [0.1, 0.15) is 50.8 Å². The van der Waals surface area contributed by atoms with Crippen LogP contribution in [-0.2, 0) is 20.4 Å². The Balaban J connectivity index is 2.86. The van der Waals surface area contributed by atoms with Crippen LogP contribution in [0.2, 0.25) is 13.1 Å². The number of methoxy groups -OCH3 is 1. The second-order valence-corrected chi connectivity index (χ2v) is 9.69. The zero-order chi connectivity index (χ0) is 17.6. The molecule has 0 aliphatic carbocycles. The minimum absolute atomic E-state index is 0.0239. The van der Waals surface area contributed by atoms with E-state index in [1.54, 1.807) is 0 Å². The third kappa shape index (κ3) is 6.35. The highest BCUT2D eigenvalue weighted by molar-refractivity contribution is 6.48. The van der Waals surface area contributed by atoms with Gasteiger partial charge < -0.3 is 14.9 Å². The van der Waals surface area contributed by atoms with E-state index < -0.39 is 9.04 Å². The Morgan fingerprint density at radius 2 is 1.96 bits per heavy atom. The number of hydrogen-bond acceptors (Lipinski definition) is 4. The van der Waals surface area contributed by atoms with Gasteiger partial charge in [-0.2, -0.15) is 0 Å². The van der Waals surface area contributed by atoms with Gasteiger partial charge in [-0.1, -0.05) is 32.9 Å². The minimum Gasteiger partial charge on any atom is -0.469 e. The van der Waals surface area contributed by atoms with Crippen LogP contribution in [0.3, 0.4) is 0 Å². The maximum absolute atomic E-state index is 11.2. The van der Waals surface area contributed by atoms with Gasteiger partial charge in [0.1, 0.15) is 0 Å². The van der Waals surface area contributed by atoms with Crippen LogP contribution in [0.5, 0.6) is 0 Å². The fraction of sp³-hybridized carbons (Fsp3) is 0.611. The Morgan fingerprint density at radius 3 is 2.43 bits per heavy atom. The van der Waals surface area contributed by atoms with E-state index in [0.717, 1.165) is 29.7 Å². The van der Waals surface area contributed by atoms with Crippen molar-refractivity contribution in [2.45, 2.75) is 59.2 Å². The number of nitrogen functional groups attached to an aromatic ring is 1. The average Bonchev–Trinajstić information content (AvgIpc) is 2.45. The molecule has 0 aromatic heterocycles. The van der Waals surface area contributed by atoms with Crippen molar-refractivity contribution >= 4 is 20.7 Å². The summed E-state index contributed by atoms with van der Waals surface area (Å²) in [5.74, 6) is -0.178. The summed E-state index contributed by atoms with van der Waals surface area (Å²) >= 11 is 0. The predicted molar refractivity (Wildman–Crippen MR) is 98.0 cm³/mol. The van der Waals surface area contributed by atoms with Gasteiger partial charge in [-0.05, 0) is 48.5 Å². The fourth-order valence-corrected chi connectivity index (χ4v) is 3.69. The smallest absolute Gasteiger partial charge is 0.305 e. The van der Waals surface area contributed by atoms with Crippen LogP contribution in [-0.4, -0.2) is 22.1 Å². The topological polar surface area (TPSA) is 61.5 Å². The zero-order valence-corrected chi connectivity index (χ0v) is 16.5. The Labute approximate surface area is 142 Å². The predicted octanol–water partition coefficient (Wildman–Crippen LogP) is 3.85. The molecule has 1 aromatic rings. The highest BCUT2D eigenvalue weighted by Gasteiger charge is 2.28. The van der Waals surface area contributed by atoms with Crippen LogP contribution in [0, 0.1) is 5.41 Å². The van der Waals surface area contributed by atoms with Crippen molar-refractivity contribution in [2.75, 3.05) is 12.8 Å². The van der Waals surface area contributed by atoms with E-state index in [9.17, 15) is 4.79 Å². The summed E-state index contributed by atoms with van der Waals surface area (Å²) in [6.45, 7) is 10.9. The van der Waals surface area contributed by atoms with E-state index in [2.05, 4.69) is 50.7 Å². The number of carbonyl (C=O) groups is 1. The van der Waals surface area contributed by atoms with Crippen LogP contribution in [0.4, 0.5) is 5.69 Å². The molecule has 0 amide bonds. The molecule has 4 nitrogen and oxygen atoms in total. The summed E-state index contributed by atoms with van der Waals surface area (Å²) in [5, 5.41) is 0. The van der Waals surface area contributed by atoms with E-state index in [4.69, 9.17) is 10.2 Å². The minimum atomic E-state index is -1.15. The number of carbonyl (C=O) groups excluding carboxylic acids is 1. The highest BCUT2D eigenvalue weighted by Crippen LogP contribution is 2.37. The third-order valence-electron chi connectivity index (χ3n) is 3.72. The normalized spacial score (nSPS) is 13.2. The first-order chi connectivity index (χ1) is 10.6. The lowest BCUT2D eigenvalue weighted by Gasteiger charge is -2.33. The molecule has 0 fully saturated rings. The van der Waals surface area contributed by atoms with Gasteiger partial charge in [-0.15, -0.1) is 0 Å². The molecule has 1 aromatic carbocycles. The summed E-state index contributed by atoms with van der Waals surface area (Å²) in [6, 6.07) is 6.20. The average molecular weight is 338 g/mol. The van der Waals surface area contributed by atoms with Crippen molar-refractivity contribution < 1.29 is 14.0 Å². The molecule has 1 unspecified atom stereocenters. The molecule has 5 heteroatoms. The van der Waals surface area contributed by atoms with Crippen molar-refractivity contribution in [2.24, 2.45) is 5.41 Å². The lowest BCUT2D eigenvalue weighted by atomic mass is 9.84. The molecule has 0 spiro atoms. The number of anilines is 1. The molecule has 0 saturated carbocycles. The van der Waals surface area contributed by atoms with Crippen molar-refractivity contribution in [3.63, 3.8) is 0 Å².